The molecule has 0 fully saturated rings. The topological polar surface area (TPSA) is 48.5 Å². The Hall–Kier alpha value is -2.32. The Kier molecular flexibility index (Phi) is 6.90. The Labute approximate surface area is 167 Å². The first kappa shape index (κ1) is 22.0. The van der Waals surface area contributed by atoms with E-state index in [9.17, 15) is 18.0 Å². The molecule has 1 N–H and O–H groups in total. The van der Waals surface area contributed by atoms with E-state index in [1.54, 1.807) is 25.1 Å². The second-order valence-corrected chi connectivity index (χ2v) is 7.10. The van der Waals surface area contributed by atoms with Gasteiger partial charge in [0.2, 0.25) is 5.91 Å². The van der Waals surface area contributed by atoms with Gasteiger partial charge in [-0.15, -0.1) is 0 Å². The van der Waals surface area contributed by atoms with Crippen molar-refractivity contribution in [1.82, 2.24) is 9.88 Å². The molecular formula is C19H22ClF3N4O. The molecular weight excluding hydrogens is 393 g/mol. The molecule has 1 aromatic heterocycles. The fourth-order valence-corrected chi connectivity index (χ4v) is 2.69. The van der Waals surface area contributed by atoms with Gasteiger partial charge in [-0.05, 0) is 43.8 Å². The number of nitrogens with one attached hydrogen (secondary N) is 1. The zero-order valence-corrected chi connectivity index (χ0v) is 16.8. The van der Waals surface area contributed by atoms with Crippen LogP contribution >= 0.6 is 11.6 Å². The molecule has 0 radical (unpaired) electrons. The molecule has 0 spiro atoms. The van der Waals surface area contributed by atoms with Crippen LogP contribution in [0, 0.1) is 0 Å². The molecule has 5 nitrogen and oxygen atoms in total. The lowest BCUT2D eigenvalue weighted by Gasteiger charge is -2.24. The summed E-state index contributed by atoms with van der Waals surface area (Å²) in [5.41, 5.74) is -0.0300. The minimum Gasteiger partial charge on any atom is -0.363 e. The summed E-state index contributed by atoms with van der Waals surface area (Å²) in [5, 5.41) is 2.10. The predicted octanol–water partition coefficient (Wildman–Crippen LogP) is 4.28. The lowest BCUT2D eigenvalue weighted by molar-refractivity contribution is -0.137. The van der Waals surface area contributed by atoms with E-state index in [0.717, 1.165) is 23.5 Å². The highest BCUT2D eigenvalue weighted by Crippen LogP contribution is 2.36. The molecule has 152 valence electrons. The number of hydrogen-bond donors (Lipinski definition) is 1. The fourth-order valence-electron chi connectivity index (χ4n) is 2.47. The maximum Gasteiger partial charge on any atom is 0.417 e. The highest BCUT2D eigenvalue weighted by molar-refractivity contribution is 6.31. The van der Waals surface area contributed by atoms with Crippen LogP contribution in [-0.4, -0.2) is 43.0 Å². The lowest BCUT2D eigenvalue weighted by atomic mass is 10.1. The van der Waals surface area contributed by atoms with Crippen LogP contribution in [-0.2, 0) is 17.5 Å². The first-order valence-electron chi connectivity index (χ1n) is 8.49. The van der Waals surface area contributed by atoms with Crippen LogP contribution in [0.25, 0.3) is 0 Å². The van der Waals surface area contributed by atoms with E-state index in [1.165, 1.54) is 6.07 Å². The number of carbonyl (C=O) groups is 1. The molecule has 1 atom stereocenters. The standard InChI is InChI=1S/C19H22ClF3N4O/c1-12(27(4)11-13-5-8-17(24-10-13)26(2)3)18(28)25-14-6-7-16(20)15(9-14)19(21,22)23/h5-10,12H,11H2,1-4H3,(H,25,28)/t12-/m0/s1. The second kappa shape index (κ2) is 8.79. The maximum absolute atomic E-state index is 13.0. The van der Waals surface area contributed by atoms with Crippen LogP contribution in [0.15, 0.2) is 36.5 Å². The van der Waals surface area contributed by atoms with Crippen molar-refractivity contribution in [3.8, 4) is 0 Å². The molecule has 0 aliphatic heterocycles. The summed E-state index contributed by atoms with van der Waals surface area (Å²) in [6, 6.07) is 6.51. The van der Waals surface area contributed by atoms with Gasteiger partial charge >= 0.3 is 6.18 Å². The van der Waals surface area contributed by atoms with E-state index in [-0.39, 0.29) is 5.69 Å². The minimum absolute atomic E-state index is 0.0407. The van der Waals surface area contributed by atoms with Crippen LogP contribution in [0.2, 0.25) is 5.02 Å². The third kappa shape index (κ3) is 5.59. The zero-order valence-electron chi connectivity index (χ0n) is 16.0. The summed E-state index contributed by atoms with van der Waals surface area (Å²) in [6.07, 6.45) is -2.86. The van der Waals surface area contributed by atoms with Gasteiger partial charge in [0.25, 0.3) is 0 Å². The third-order valence-corrected chi connectivity index (χ3v) is 4.61. The van der Waals surface area contributed by atoms with Crippen molar-refractivity contribution in [2.75, 3.05) is 31.4 Å². The average Bonchev–Trinajstić information content (AvgIpc) is 2.62. The van der Waals surface area contributed by atoms with E-state index in [1.807, 2.05) is 31.1 Å². The van der Waals surface area contributed by atoms with Gasteiger partial charge in [0.15, 0.2) is 0 Å². The largest absolute Gasteiger partial charge is 0.417 e. The number of halogens is 4. The molecule has 0 saturated heterocycles. The van der Waals surface area contributed by atoms with Crippen molar-refractivity contribution in [3.05, 3.63) is 52.7 Å². The normalized spacial score (nSPS) is 12.8. The summed E-state index contributed by atoms with van der Waals surface area (Å²) < 4.78 is 38.9. The van der Waals surface area contributed by atoms with Crippen molar-refractivity contribution >= 4 is 29.0 Å². The highest BCUT2D eigenvalue weighted by Gasteiger charge is 2.33. The number of anilines is 2. The number of nitrogens with zero attached hydrogens (tertiary/aromatic N) is 3. The van der Waals surface area contributed by atoms with Gasteiger partial charge in [0.05, 0.1) is 16.6 Å². The van der Waals surface area contributed by atoms with Gasteiger partial charge in [-0.25, -0.2) is 4.98 Å². The number of benzene rings is 1. The minimum atomic E-state index is -4.59. The number of aromatic nitrogens is 1. The van der Waals surface area contributed by atoms with Gasteiger partial charge in [0.1, 0.15) is 5.82 Å². The molecule has 1 amide bonds. The Morgan fingerprint density at radius 3 is 2.43 bits per heavy atom. The summed E-state index contributed by atoms with van der Waals surface area (Å²) >= 11 is 5.60. The number of carbonyl (C=O) groups excluding carboxylic acids is 1. The number of amides is 1. The summed E-state index contributed by atoms with van der Waals surface area (Å²) in [4.78, 5) is 20.4. The number of hydrogen-bond acceptors (Lipinski definition) is 4. The SMILES string of the molecule is C[C@@H](C(=O)Nc1ccc(Cl)c(C(F)(F)F)c1)N(C)Cc1ccc(N(C)C)nc1. The first-order valence-corrected chi connectivity index (χ1v) is 8.87. The van der Waals surface area contributed by atoms with Crippen LogP contribution in [0.4, 0.5) is 24.7 Å². The quantitative estimate of drug-likeness (QED) is 0.766. The molecule has 2 aromatic rings. The zero-order chi connectivity index (χ0) is 21.1. The van der Waals surface area contributed by atoms with Crippen molar-refractivity contribution in [3.63, 3.8) is 0 Å². The Balaban J connectivity index is 2.03. The lowest BCUT2D eigenvalue weighted by Crippen LogP contribution is -2.39. The monoisotopic (exact) mass is 414 g/mol. The van der Waals surface area contributed by atoms with Crippen molar-refractivity contribution in [1.29, 1.82) is 0 Å². The summed E-state index contributed by atoms with van der Waals surface area (Å²) in [7, 11) is 5.54. The molecule has 0 unspecified atom stereocenters. The molecule has 0 bridgehead atoms. The van der Waals surface area contributed by atoms with Crippen molar-refractivity contribution < 1.29 is 18.0 Å². The van der Waals surface area contributed by atoms with E-state index >= 15 is 0 Å². The summed E-state index contributed by atoms with van der Waals surface area (Å²) in [5.74, 6) is 0.399. The Bertz CT molecular complexity index is 825. The van der Waals surface area contributed by atoms with E-state index in [0.29, 0.717) is 6.54 Å². The molecule has 0 aliphatic carbocycles. The van der Waals surface area contributed by atoms with E-state index in [4.69, 9.17) is 11.6 Å². The maximum atomic E-state index is 13.0. The van der Waals surface area contributed by atoms with Crippen molar-refractivity contribution in [2.45, 2.75) is 25.7 Å². The molecule has 1 heterocycles. The fraction of sp³-hybridized carbons (Fsp3) is 0.368. The molecule has 0 aliphatic rings. The number of alkyl halides is 3. The number of pyridine rings is 1. The van der Waals surface area contributed by atoms with E-state index < -0.39 is 28.7 Å². The Morgan fingerprint density at radius 2 is 1.89 bits per heavy atom. The predicted molar refractivity (Wildman–Crippen MR) is 105 cm³/mol. The van der Waals surface area contributed by atoms with E-state index in [2.05, 4.69) is 10.3 Å². The Morgan fingerprint density at radius 1 is 1.21 bits per heavy atom. The number of rotatable bonds is 6. The van der Waals surface area contributed by atoms with Crippen LogP contribution < -0.4 is 10.2 Å². The third-order valence-electron chi connectivity index (χ3n) is 4.28. The summed E-state index contributed by atoms with van der Waals surface area (Å²) in [6.45, 7) is 2.14. The van der Waals surface area contributed by atoms with Crippen molar-refractivity contribution in [2.24, 2.45) is 0 Å². The molecule has 2 rings (SSSR count). The molecule has 28 heavy (non-hydrogen) atoms. The highest BCUT2D eigenvalue weighted by atomic mass is 35.5. The average molecular weight is 415 g/mol. The van der Waals surface area contributed by atoms with Crippen LogP contribution in [0.5, 0.6) is 0 Å². The van der Waals surface area contributed by atoms with Gasteiger partial charge in [-0.2, -0.15) is 13.2 Å². The van der Waals surface area contributed by atoms with Crippen LogP contribution in [0.1, 0.15) is 18.1 Å². The first-order chi connectivity index (χ1) is 13.0. The second-order valence-electron chi connectivity index (χ2n) is 6.69. The molecule has 0 saturated carbocycles. The van der Waals surface area contributed by atoms with Gasteiger partial charge < -0.3 is 10.2 Å². The molecule has 9 heteroatoms. The number of likely N-dealkylation sites (N-methyl/N-ethyl adjacent to an activating group) is 1. The van der Waals surface area contributed by atoms with Crippen LogP contribution in [0.3, 0.4) is 0 Å². The van der Waals surface area contributed by atoms with Gasteiger partial charge in [0, 0.05) is 32.5 Å². The smallest absolute Gasteiger partial charge is 0.363 e. The van der Waals surface area contributed by atoms with Gasteiger partial charge in [-0.3, -0.25) is 9.69 Å². The van der Waals surface area contributed by atoms with Gasteiger partial charge in [-0.1, -0.05) is 17.7 Å². The molecule has 1 aromatic carbocycles.